The molecule has 1 aliphatic rings. The van der Waals surface area contributed by atoms with Crippen LogP contribution in [0.5, 0.6) is 0 Å². The Kier molecular flexibility index (Phi) is 1.38. The van der Waals surface area contributed by atoms with E-state index in [2.05, 4.69) is 9.36 Å². The third-order valence-corrected chi connectivity index (χ3v) is 2.28. The average molecular weight is 170 g/mol. The lowest BCUT2D eigenvalue weighted by atomic mass is 10.4. The van der Waals surface area contributed by atoms with Crippen LogP contribution in [-0.4, -0.2) is 20.4 Å². The van der Waals surface area contributed by atoms with Crippen molar-refractivity contribution < 1.29 is 9.90 Å². The number of carboxylic acids is 1. The smallest absolute Gasteiger partial charge is 0.366 e. The molecule has 58 valence electrons. The van der Waals surface area contributed by atoms with E-state index in [0.717, 1.165) is 24.4 Å². The van der Waals surface area contributed by atoms with Gasteiger partial charge in [0.1, 0.15) is 5.82 Å². The van der Waals surface area contributed by atoms with Gasteiger partial charge in [-0.25, -0.2) is 9.78 Å². The van der Waals surface area contributed by atoms with Gasteiger partial charge in [0.2, 0.25) is 5.01 Å². The zero-order valence-corrected chi connectivity index (χ0v) is 6.47. The van der Waals surface area contributed by atoms with Crippen molar-refractivity contribution in [1.29, 1.82) is 0 Å². The maximum Gasteiger partial charge on any atom is 0.366 e. The van der Waals surface area contributed by atoms with Crippen molar-refractivity contribution in [3.63, 3.8) is 0 Å². The number of aromatic nitrogens is 2. The van der Waals surface area contributed by atoms with Gasteiger partial charge < -0.3 is 5.11 Å². The summed E-state index contributed by atoms with van der Waals surface area (Å²) in [7, 11) is 0. The summed E-state index contributed by atoms with van der Waals surface area (Å²) in [4.78, 5) is 14.2. The Labute approximate surface area is 67.1 Å². The SMILES string of the molecule is O=C(O)c1nc(C2CC2)ns1. The summed E-state index contributed by atoms with van der Waals surface area (Å²) in [5.74, 6) is 0.182. The number of aromatic carboxylic acids is 1. The van der Waals surface area contributed by atoms with Crippen LogP contribution in [-0.2, 0) is 0 Å². The lowest BCUT2D eigenvalue weighted by Crippen LogP contribution is -1.94. The Balaban J connectivity index is 2.25. The first kappa shape index (κ1) is 6.72. The molecule has 5 heteroatoms. The highest BCUT2D eigenvalue weighted by atomic mass is 32.1. The first-order valence-corrected chi connectivity index (χ1v) is 4.11. The third kappa shape index (κ3) is 1.23. The van der Waals surface area contributed by atoms with Gasteiger partial charge >= 0.3 is 5.97 Å². The second-order valence-corrected chi connectivity index (χ2v) is 3.29. The molecule has 0 aliphatic heterocycles. The molecule has 0 amide bonds. The molecule has 1 N–H and O–H groups in total. The Morgan fingerprint density at radius 3 is 2.82 bits per heavy atom. The molecule has 1 aliphatic carbocycles. The molecule has 1 fully saturated rings. The third-order valence-electron chi connectivity index (χ3n) is 1.57. The molecule has 0 aromatic carbocycles. The monoisotopic (exact) mass is 170 g/mol. The summed E-state index contributed by atoms with van der Waals surface area (Å²) in [6.45, 7) is 0. The molecule has 4 nitrogen and oxygen atoms in total. The highest BCUT2D eigenvalue weighted by Crippen LogP contribution is 2.38. The number of rotatable bonds is 2. The largest absolute Gasteiger partial charge is 0.476 e. The van der Waals surface area contributed by atoms with Crippen LogP contribution in [0.2, 0.25) is 0 Å². The Bertz CT molecular complexity index is 293. The van der Waals surface area contributed by atoms with Crippen LogP contribution in [0.25, 0.3) is 0 Å². The number of hydrogen-bond acceptors (Lipinski definition) is 4. The average Bonchev–Trinajstić information content (AvgIpc) is 2.68. The normalized spacial score (nSPS) is 16.7. The summed E-state index contributed by atoms with van der Waals surface area (Å²) in [6, 6.07) is 0. The van der Waals surface area contributed by atoms with Gasteiger partial charge in [0.15, 0.2) is 0 Å². The van der Waals surface area contributed by atoms with E-state index >= 15 is 0 Å². The molecular weight excluding hydrogens is 164 g/mol. The van der Waals surface area contributed by atoms with Crippen LogP contribution >= 0.6 is 11.5 Å². The Morgan fingerprint density at radius 1 is 1.64 bits per heavy atom. The molecule has 1 heterocycles. The van der Waals surface area contributed by atoms with Crippen molar-refractivity contribution in [3.8, 4) is 0 Å². The standard InChI is InChI=1S/C6H6N2O2S/c9-6(10)5-7-4(8-11-5)3-1-2-3/h3H,1-2H2,(H,9,10). The van der Waals surface area contributed by atoms with Gasteiger partial charge in [0, 0.05) is 5.92 Å². The zero-order chi connectivity index (χ0) is 7.84. The molecule has 1 aromatic heterocycles. The van der Waals surface area contributed by atoms with Gasteiger partial charge in [0.05, 0.1) is 0 Å². The molecule has 2 rings (SSSR count). The predicted octanol–water partition coefficient (Wildman–Crippen LogP) is 1.11. The van der Waals surface area contributed by atoms with E-state index in [1.807, 2.05) is 0 Å². The van der Waals surface area contributed by atoms with Gasteiger partial charge in [-0.1, -0.05) is 0 Å². The second kappa shape index (κ2) is 2.27. The van der Waals surface area contributed by atoms with Gasteiger partial charge in [-0.15, -0.1) is 0 Å². The fourth-order valence-corrected chi connectivity index (χ4v) is 1.41. The number of carboxylic acid groups (broad SMARTS) is 1. The first-order chi connectivity index (χ1) is 5.27. The van der Waals surface area contributed by atoms with Crippen molar-refractivity contribution in [1.82, 2.24) is 9.36 Å². The number of carbonyl (C=O) groups is 1. The van der Waals surface area contributed by atoms with Gasteiger partial charge in [0.25, 0.3) is 0 Å². The minimum absolute atomic E-state index is 0.104. The highest BCUT2D eigenvalue weighted by Gasteiger charge is 2.28. The van der Waals surface area contributed by atoms with E-state index in [-0.39, 0.29) is 5.01 Å². The maximum absolute atomic E-state index is 10.4. The fourth-order valence-electron chi connectivity index (χ4n) is 0.829. The second-order valence-electron chi connectivity index (χ2n) is 2.54. The molecule has 1 aromatic rings. The van der Waals surface area contributed by atoms with Crippen LogP contribution in [0, 0.1) is 0 Å². The maximum atomic E-state index is 10.4. The molecular formula is C6H6N2O2S. The minimum Gasteiger partial charge on any atom is -0.476 e. The van der Waals surface area contributed by atoms with E-state index in [9.17, 15) is 4.79 Å². The summed E-state index contributed by atoms with van der Waals surface area (Å²) in [5.41, 5.74) is 0. The molecule has 0 radical (unpaired) electrons. The summed E-state index contributed by atoms with van der Waals surface area (Å²) in [5, 5.41) is 8.61. The highest BCUT2D eigenvalue weighted by molar-refractivity contribution is 7.07. The summed E-state index contributed by atoms with van der Waals surface area (Å²) in [6.07, 6.45) is 2.21. The van der Waals surface area contributed by atoms with E-state index in [1.165, 1.54) is 0 Å². The van der Waals surface area contributed by atoms with E-state index in [4.69, 9.17) is 5.11 Å². The first-order valence-electron chi connectivity index (χ1n) is 3.34. The molecule has 0 bridgehead atoms. The van der Waals surface area contributed by atoms with Crippen molar-refractivity contribution in [2.24, 2.45) is 0 Å². The summed E-state index contributed by atoms with van der Waals surface area (Å²) >= 11 is 0.965. The van der Waals surface area contributed by atoms with Gasteiger partial charge in [-0.2, -0.15) is 4.37 Å². The van der Waals surface area contributed by atoms with Crippen LogP contribution < -0.4 is 0 Å². The van der Waals surface area contributed by atoms with Gasteiger partial charge in [-0.3, -0.25) is 0 Å². The number of nitrogens with zero attached hydrogens (tertiary/aromatic N) is 2. The molecule has 1 saturated carbocycles. The minimum atomic E-state index is -0.977. The van der Waals surface area contributed by atoms with Crippen LogP contribution in [0.3, 0.4) is 0 Å². The molecule has 0 spiro atoms. The number of hydrogen-bond donors (Lipinski definition) is 1. The van der Waals surface area contributed by atoms with Gasteiger partial charge in [-0.05, 0) is 24.4 Å². The van der Waals surface area contributed by atoms with Crippen LogP contribution in [0.1, 0.15) is 34.4 Å². The predicted molar refractivity (Wildman–Crippen MR) is 38.8 cm³/mol. The van der Waals surface area contributed by atoms with Crippen molar-refractivity contribution >= 4 is 17.5 Å². The fraction of sp³-hybridized carbons (Fsp3) is 0.500. The molecule has 0 atom stereocenters. The molecule has 11 heavy (non-hydrogen) atoms. The topological polar surface area (TPSA) is 63.1 Å². The molecule has 0 unspecified atom stereocenters. The van der Waals surface area contributed by atoms with Crippen molar-refractivity contribution in [3.05, 3.63) is 10.8 Å². The van der Waals surface area contributed by atoms with E-state index in [0.29, 0.717) is 11.7 Å². The lowest BCUT2D eigenvalue weighted by Gasteiger charge is -1.82. The van der Waals surface area contributed by atoms with E-state index in [1.54, 1.807) is 0 Å². The Hall–Kier alpha value is -0.970. The summed E-state index contributed by atoms with van der Waals surface area (Å²) < 4.78 is 3.95. The Morgan fingerprint density at radius 2 is 2.36 bits per heavy atom. The lowest BCUT2D eigenvalue weighted by molar-refractivity contribution is 0.0696. The van der Waals surface area contributed by atoms with Crippen LogP contribution in [0.4, 0.5) is 0 Å². The molecule has 0 saturated heterocycles. The zero-order valence-electron chi connectivity index (χ0n) is 5.65. The van der Waals surface area contributed by atoms with Crippen molar-refractivity contribution in [2.75, 3.05) is 0 Å². The quantitative estimate of drug-likeness (QED) is 0.722. The van der Waals surface area contributed by atoms with E-state index < -0.39 is 5.97 Å². The van der Waals surface area contributed by atoms with Crippen molar-refractivity contribution in [2.45, 2.75) is 18.8 Å². The van der Waals surface area contributed by atoms with Crippen LogP contribution in [0.15, 0.2) is 0 Å².